The predicted octanol–water partition coefficient (Wildman–Crippen LogP) is 1.82. The smallest absolute Gasteiger partial charge is 0.303 e. The Bertz CT molecular complexity index is 481. The van der Waals surface area contributed by atoms with E-state index in [1.54, 1.807) is 0 Å². The molecule has 1 aliphatic rings. The van der Waals surface area contributed by atoms with Gasteiger partial charge in [-0.05, 0) is 43.1 Å². The van der Waals surface area contributed by atoms with Gasteiger partial charge in [0.25, 0.3) is 5.91 Å². The van der Waals surface area contributed by atoms with Crippen molar-refractivity contribution in [3.05, 3.63) is 10.6 Å². The number of hydrogen-bond acceptors (Lipinski definition) is 5. The monoisotopic (exact) mass is 297 g/mol. The Labute approximate surface area is 122 Å². The number of aromatic nitrogens is 2. The summed E-state index contributed by atoms with van der Waals surface area (Å²) in [7, 11) is 0. The first-order valence-corrected chi connectivity index (χ1v) is 7.71. The molecule has 2 rings (SSSR count). The number of nitrogens with zero attached hydrogens (tertiary/aromatic N) is 3. The SMILES string of the molecule is CCc1nnsc1C(=O)N1CCC(CCC(=O)O)CC1. The van der Waals surface area contributed by atoms with Crippen molar-refractivity contribution in [2.24, 2.45) is 5.92 Å². The van der Waals surface area contributed by atoms with Gasteiger partial charge < -0.3 is 10.0 Å². The minimum atomic E-state index is -0.744. The Morgan fingerprint density at radius 2 is 2.10 bits per heavy atom. The van der Waals surface area contributed by atoms with Crippen LogP contribution in [-0.4, -0.2) is 44.6 Å². The minimum absolute atomic E-state index is 0.0218. The largest absolute Gasteiger partial charge is 0.481 e. The molecule has 0 aromatic carbocycles. The molecule has 0 spiro atoms. The molecule has 1 fully saturated rings. The Kier molecular flexibility index (Phi) is 5.05. The molecule has 20 heavy (non-hydrogen) atoms. The predicted molar refractivity (Wildman–Crippen MR) is 74.8 cm³/mol. The topological polar surface area (TPSA) is 83.4 Å². The molecule has 0 atom stereocenters. The molecule has 0 saturated carbocycles. The third-order valence-corrected chi connectivity index (χ3v) is 4.51. The normalized spacial score (nSPS) is 16.4. The molecule has 0 unspecified atom stereocenters. The van der Waals surface area contributed by atoms with Crippen LogP contribution in [0.15, 0.2) is 0 Å². The van der Waals surface area contributed by atoms with Crippen molar-refractivity contribution >= 4 is 23.4 Å². The first-order chi connectivity index (χ1) is 9.61. The van der Waals surface area contributed by atoms with Crippen molar-refractivity contribution in [1.29, 1.82) is 0 Å². The third kappa shape index (κ3) is 3.53. The second kappa shape index (κ2) is 6.78. The Balaban J connectivity index is 1.87. The average molecular weight is 297 g/mol. The number of carbonyl (C=O) groups is 2. The molecule has 7 heteroatoms. The fourth-order valence-corrected chi connectivity index (χ4v) is 3.22. The van der Waals surface area contributed by atoms with E-state index in [0.29, 0.717) is 36.7 Å². The molecule has 1 saturated heterocycles. The van der Waals surface area contributed by atoms with Crippen LogP contribution in [0.2, 0.25) is 0 Å². The summed E-state index contributed by atoms with van der Waals surface area (Å²) < 4.78 is 3.85. The summed E-state index contributed by atoms with van der Waals surface area (Å²) in [6.07, 6.45) is 3.41. The number of hydrogen-bond donors (Lipinski definition) is 1. The zero-order valence-electron chi connectivity index (χ0n) is 11.5. The van der Waals surface area contributed by atoms with Gasteiger partial charge in [-0.2, -0.15) is 0 Å². The van der Waals surface area contributed by atoms with Gasteiger partial charge in [-0.25, -0.2) is 0 Å². The summed E-state index contributed by atoms with van der Waals surface area (Å²) in [6, 6.07) is 0. The lowest BCUT2D eigenvalue weighted by Gasteiger charge is -2.31. The molecule has 6 nitrogen and oxygen atoms in total. The first kappa shape index (κ1) is 14.9. The van der Waals surface area contributed by atoms with Gasteiger partial charge in [0.2, 0.25) is 0 Å². The summed E-state index contributed by atoms with van der Waals surface area (Å²) in [6.45, 7) is 3.36. The molecular formula is C13H19N3O3S. The fraction of sp³-hybridized carbons (Fsp3) is 0.692. The highest BCUT2D eigenvalue weighted by atomic mass is 32.1. The summed E-state index contributed by atoms with van der Waals surface area (Å²) in [4.78, 5) is 25.4. The van der Waals surface area contributed by atoms with Gasteiger partial charge in [0.1, 0.15) is 4.88 Å². The van der Waals surface area contributed by atoms with E-state index < -0.39 is 5.97 Å². The number of carboxylic acid groups (broad SMARTS) is 1. The van der Waals surface area contributed by atoms with Crippen LogP contribution in [0.1, 0.15) is 48.0 Å². The second-order valence-electron chi connectivity index (χ2n) is 5.07. The van der Waals surface area contributed by atoms with E-state index in [-0.39, 0.29) is 12.3 Å². The molecule has 1 aromatic rings. The van der Waals surface area contributed by atoms with Gasteiger partial charge in [0.05, 0.1) is 5.69 Å². The van der Waals surface area contributed by atoms with Crippen LogP contribution in [0.5, 0.6) is 0 Å². The van der Waals surface area contributed by atoms with Crippen molar-refractivity contribution in [2.45, 2.75) is 39.0 Å². The Hall–Kier alpha value is -1.50. The van der Waals surface area contributed by atoms with Gasteiger partial charge in [-0.15, -0.1) is 5.10 Å². The fourth-order valence-electron chi connectivity index (χ4n) is 2.50. The van der Waals surface area contributed by atoms with E-state index in [9.17, 15) is 9.59 Å². The maximum atomic E-state index is 12.4. The molecule has 0 aliphatic carbocycles. The maximum absolute atomic E-state index is 12.4. The lowest BCUT2D eigenvalue weighted by Crippen LogP contribution is -2.38. The number of carboxylic acids is 1. The highest BCUT2D eigenvalue weighted by Gasteiger charge is 2.26. The summed E-state index contributed by atoms with van der Waals surface area (Å²) in [5, 5.41) is 12.7. The lowest BCUT2D eigenvalue weighted by molar-refractivity contribution is -0.137. The van der Waals surface area contributed by atoms with Crippen molar-refractivity contribution < 1.29 is 14.7 Å². The molecule has 110 valence electrons. The Morgan fingerprint density at radius 3 is 2.70 bits per heavy atom. The van der Waals surface area contributed by atoms with Crippen LogP contribution < -0.4 is 0 Å². The van der Waals surface area contributed by atoms with Gasteiger partial charge in [-0.3, -0.25) is 9.59 Å². The summed E-state index contributed by atoms with van der Waals surface area (Å²) in [5.74, 6) is -0.305. The molecule has 1 aromatic heterocycles. The maximum Gasteiger partial charge on any atom is 0.303 e. The number of rotatable bonds is 5. The van der Waals surface area contributed by atoms with E-state index in [2.05, 4.69) is 9.59 Å². The van der Waals surface area contributed by atoms with E-state index in [1.807, 2.05) is 11.8 Å². The van der Waals surface area contributed by atoms with Crippen LogP contribution in [0.4, 0.5) is 0 Å². The highest BCUT2D eigenvalue weighted by Crippen LogP contribution is 2.24. The van der Waals surface area contributed by atoms with Crippen molar-refractivity contribution in [3.8, 4) is 0 Å². The molecule has 1 N–H and O–H groups in total. The van der Waals surface area contributed by atoms with Gasteiger partial charge in [-0.1, -0.05) is 11.4 Å². The standard InChI is InChI=1S/C13H19N3O3S/c1-2-10-12(20-15-14-10)13(19)16-7-5-9(6-8-16)3-4-11(17)18/h9H,2-8H2,1H3,(H,17,18). The van der Waals surface area contributed by atoms with E-state index >= 15 is 0 Å². The van der Waals surface area contributed by atoms with Crippen LogP contribution >= 0.6 is 11.5 Å². The van der Waals surface area contributed by atoms with Gasteiger partial charge in [0.15, 0.2) is 0 Å². The Morgan fingerprint density at radius 1 is 1.40 bits per heavy atom. The molecule has 0 bridgehead atoms. The number of piperidine rings is 1. The van der Waals surface area contributed by atoms with Crippen LogP contribution in [0.25, 0.3) is 0 Å². The summed E-state index contributed by atoms with van der Waals surface area (Å²) in [5.41, 5.74) is 0.771. The van der Waals surface area contributed by atoms with E-state index in [1.165, 1.54) is 0 Å². The molecule has 0 radical (unpaired) electrons. The third-order valence-electron chi connectivity index (χ3n) is 3.75. The minimum Gasteiger partial charge on any atom is -0.481 e. The van der Waals surface area contributed by atoms with E-state index in [0.717, 1.165) is 30.1 Å². The molecule has 1 amide bonds. The first-order valence-electron chi connectivity index (χ1n) is 6.94. The molecular weight excluding hydrogens is 278 g/mol. The number of likely N-dealkylation sites (tertiary alicyclic amines) is 1. The van der Waals surface area contributed by atoms with Crippen molar-refractivity contribution in [3.63, 3.8) is 0 Å². The average Bonchev–Trinajstić information content (AvgIpc) is 2.93. The van der Waals surface area contributed by atoms with Crippen molar-refractivity contribution in [1.82, 2.24) is 14.5 Å². The lowest BCUT2D eigenvalue weighted by atomic mass is 9.92. The number of carbonyl (C=O) groups excluding carboxylic acids is 1. The van der Waals surface area contributed by atoms with Crippen LogP contribution in [-0.2, 0) is 11.2 Å². The quantitative estimate of drug-likeness (QED) is 0.896. The molecule has 2 heterocycles. The second-order valence-corrected chi connectivity index (χ2v) is 5.82. The van der Waals surface area contributed by atoms with Crippen LogP contribution in [0, 0.1) is 5.92 Å². The highest BCUT2D eigenvalue weighted by molar-refractivity contribution is 7.08. The van der Waals surface area contributed by atoms with Gasteiger partial charge >= 0.3 is 5.97 Å². The van der Waals surface area contributed by atoms with E-state index in [4.69, 9.17) is 5.11 Å². The van der Waals surface area contributed by atoms with Gasteiger partial charge in [0, 0.05) is 19.5 Å². The number of amides is 1. The zero-order chi connectivity index (χ0) is 14.5. The summed E-state index contributed by atoms with van der Waals surface area (Å²) >= 11 is 1.16. The zero-order valence-corrected chi connectivity index (χ0v) is 12.4. The number of aryl methyl sites for hydroxylation is 1. The number of aliphatic carboxylic acids is 1. The van der Waals surface area contributed by atoms with Crippen LogP contribution in [0.3, 0.4) is 0 Å². The van der Waals surface area contributed by atoms with Crippen molar-refractivity contribution in [2.75, 3.05) is 13.1 Å². The molecule has 1 aliphatic heterocycles.